The van der Waals surface area contributed by atoms with Crippen LogP contribution in [0.25, 0.3) is 0 Å². The number of para-hydroxylation sites is 1. The molecule has 0 bridgehead atoms. The summed E-state index contributed by atoms with van der Waals surface area (Å²) in [6.07, 6.45) is 1.93. The monoisotopic (exact) mass is 260 g/mol. The first-order valence-electron chi connectivity index (χ1n) is 7.17. The molecule has 1 aromatic rings. The van der Waals surface area contributed by atoms with Crippen molar-refractivity contribution in [3.8, 4) is 0 Å². The van der Waals surface area contributed by atoms with Crippen molar-refractivity contribution >= 4 is 11.6 Å². The lowest BCUT2D eigenvalue weighted by atomic mass is 9.92. The number of nitrogens with zero attached hydrogens (tertiary/aromatic N) is 1. The fourth-order valence-corrected chi connectivity index (χ4v) is 3.03. The molecule has 1 aromatic carbocycles. The fraction of sp³-hybridized carbons (Fsp3) is 0.562. The molecule has 1 aliphatic heterocycles. The van der Waals surface area contributed by atoms with Gasteiger partial charge in [0, 0.05) is 12.2 Å². The first-order chi connectivity index (χ1) is 8.98. The normalized spacial score (nSPS) is 22.4. The summed E-state index contributed by atoms with van der Waals surface area (Å²) in [5.41, 5.74) is 1.47. The van der Waals surface area contributed by atoms with Crippen molar-refractivity contribution in [2.45, 2.75) is 46.2 Å². The molecule has 19 heavy (non-hydrogen) atoms. The van der Waals surface area contributed by atoms with Crippen LogP contribution in [0.5, 0.6) is 0 Å². The van der Waals surface area contributed by atoms with Gasteiger partial charge in [0.25, 0.3) is 5.91 Å². The Hall–Kier alpha value is -1.51. The summed E-state index contributed by atoms with van der Waals surface area (Å²) < 4.78 is 0. The highest BCUT2D eigenvalue weighted by Crippen LogP contribution is 2.34. The quantitative estimate of drug-likeness (QED) is 0.894. The molecule has 104 valence electrons. The van der Waals surface area contributed by atoms with Crippen LogP contribution in [0.15, 0.2) is 24.3 Å². The number of carbonyl (C=O) groups is 1. The van der Waals surface area contributed by atoms with Crippen molar-refractivity contribution in [2.75, 3.05) is 11.9 Å². The van der Waals surface area contributed by atoms with Gasteiger partial charge in [-0.2, -0.15) is 0 Å². The van der Waals surface area contributed by atoms with Crippen LogP contribution in [0, 0.1) is 5.92 Å². The van der Waals surface area contributed by atoms with Crippen LogP contribution in [-0.4, -0.2) is 23.0 Å². The van der Waals surface area contributed by atoms with Crippen LogP contribution in [0.3, 0.4) is 0 Å². The van der Waals surface area contributed by atoms with Gasteiger partial charge in [-0.25, -0.2) is 0 Å². The summed E-state index contributed by atoms with van der Waals surface area (Å²) >= 11 is 0. The zero-order valence-electron chi connectivity index (χ0n) is 12.4. The maximum atomic E-state index is 12.7. The van der Waals surface area contributed by atoms with E-state index in [4.69, 9.17) is 0 Å². The van der Waals surface area contributed by atoms with Crippen molar-refractivity contribution in [3.63, 3.8) is 0 Å². The van der Waals surface area contributed by atoms with E-state index in [1.165, 1.54) is 0 Å². The highest BCUT2D eigenvalue weighted by Gasteiger charge is 2.40. The van der Waals surface area contributed by atoms with Crippen molar-refractivity contribution in [1.29, 1.82) is 0 Å². The Bertz CT molecular complexity index is 470. The van der Waals surface area contributed by atoms with Gasteiger partial charge in [-0.3, -0.25) is 4.79 Å². The molecular weight excluding hydrogens is 236 g/mol. The molecule has 0 saturated carbocycles. The number of rotatable bonds is 4. The van der Waals surface area contributed by atoms with Crippen molar-refractivity contribution < 1.29 is 4.79 Å². The number of amides is 1. The summed E-state index contributed by atoms with van der Waals surface area (Å²) in [4.78, 5) is 14.7. The number of anilines is 1. The van der Waals surface area contributed by atoms with Crippen LogP contribution in [-0.2, 0) is 0 Å². The topological polar surface area (TPSA) is 32.3 Å². The summed E-state index contributed by atoms with van der Waals surface area (Å²) in [5, 5.41) is 3.58. The Morgan fingerprint density at radius 1 is 1.32 bits per heavy atom. The first kappa shape index (κ1) is 13.9. The number of nitrogens with one attached hydrogen (secondary N) is 1. The molecule has 0 aliphatic carbocycles. The zero-order valence-corrected chi connectivity index (χ0v) is 12.4. The van der Waals surface area contributed by atoms with Gasteiger partial charge >= 0.3 is 0 Å². The van der Waals surface area contributed by atoms with Crippen molar-refractivity contribution in [1.82, 2.24) is 4.90 Å². The van der Waals surface area contributed by atoms with E-state index in [0.717, 1.165) is 30.6 Å². The van der Waals surface area contributed by atoms with E-state index in [1.54, 1.807) is 0 Å². The third-order valence-electron chi connectivity index (χ3n) is 3.66. The molecule has 1 atom stereocenters. The Morgan fingerprint density at radius 2 is 2.00 bits per heavy atom. The molecule has 1 N–H and O–H groups in total. The van der Waals surface area contributed by atoms with E-state index in [-0.39, 0.29) is 11.6 Å². The smallest absolute Gasteiger partial charge is 0.257 e. The minimum Gasteiger partial charge on any atom is -0.362 e. The van der Waals surface area contributed by atoms with Gasteiger partial charge in [0.2, 0.25) is 0 Å². The molecule has 0 aromatic heterocycles. The average molecular weight is 260 g/mol. The Balaban J connectivity index is 2.41. The maximum Gasteiger partial charge on any atom is 0.257 e. The van der Waals surface area contributed by atoms with Crippen LogP contribution >= 0.6 is 0 Å². The van der Waals surface area contributed by atoms with E-state index in [0.29, 0.717) is 5.92 Å². The molecule has 0 spiro atoms. The summed E-state index contributed by atoms with van der Waals surface area (Å²) in [6.45, 7) is 9.44. The van der Waals surface area contributed by atoms with Gasteiger partial charge in [0.1, 0.15) is 5.66 Å². The molecule has 1 amide bonds. The van der Waals surface area contributed by atoms with Gasteiger partial charge in [-0.1, -0.05) is 32.9 Å². The molecule has 1 unspecified atom stereocenters. The SMILES string of the molecule is CCCN1C(=O)c2ccccc2NC1(C)CC(C)C. The second kappa shape index (κ2) is 5.24. The highest BCUT2D eigenvalue weighted by atomic mass is 16.2. The van der Waals surface area contributed by atoms with Crippen LogP contribution in [0.2, 0.25) is 0 Å². The molecule has 0 fully saturated rings. The summed E-state index contributed by atoms with van der Waals surface area (Å²) in [6, 6.07) is 7.80. The van der Waals surface area contributed by atoms with E-state index in [2.05, 4.69) is 33.0 Å². The van der Waals surface area contributed by atoms with Crippen LogP contribution < -0.4 is 5.32 Å². The predicted molar refractivity (Wildman–Crippen MR) is 79.3 cm³/mol. The van der Waals surface area contributed by atoms with E-state index in [9.17, 15) is 4.79 Å². The fourth-order valence-electron chi connectivity index (χ4n) is 3.03. The Morgan fingerprint density at radius 3 is 2.63 bits per heavy atom. The number of carbonyl (C=O) groups excluding carboxylic acids is 1. The molecular formula is C16H24N2O. The molecule has 1 heterocycles. The number of benzene rings is 1. The second-order valence-corrected chi connectivity index (χ2v) is 6.00. The third-order valence-corrected chi connectivity index (χ3v) is 3.66. The van der Waals surface area contributed by atoms with Crippen molar-refractivity contribution in [3.05, 3.63) is 29.8 Å². The lowest BCUT2D eigenvalue weighted by molar-refractivity contribution is 0.0497. The number of fused-ring (bicyclic) bond motifs is 1. The van der Waals surface area contributed by atoms with E-state index >= 15 is 0 Å². The molecule has 1 aliphatic rings. The molecule has 0 radical (unpaired) electrons. The third kappa shape index (κ3) is 2.60. The van der Waals surface area contributed by atoms with Gasteiger partial charge in [0.05, 0.1) is 5.56 Å². The number of hydrogen-bond donors (Lipinski definition) is 1. The molecule has 2 rings (SSSR count). The first-order valence-corrected chi connectivity index (χ1v) is 7.17. The van der Waals surface area contributed by atoms with Crippen LogP contribution in [0.1, 0.15) is 50.9 Å². The average Bonchev–Trinajstić information content (AvgIpc) is 2.33. The lowest BCUT2D eigenvalue weighted by Gasteiger charge is -2.47. The summed E-state index contributed by atoms with van der Waals surface area (Å²) in [7, 11) is 0. The lowest BCUT2D eigenvalue weighted by Crippen LogP contribution is -2.58. The van der Waals surface area contributed by atoms with Crippen molar-refractivity contribution in [2.24, 2.45) is 5.92 Å². The predicted octanol–water partition coefficient (Wildman–Crippen LogP) is 3.73. The summed E-state index contributed by atoms with van der Waals surface area (Å²) in [5.74, 6) is 0.689. The minimum absolute atomic E-state index is 0.152. The van der Waals surface area contributed by atoms with E-state index in [1.807, 2.05) is 29.2 Å². The molecule has 3 nitrogen and oxygen atoms in total. The molecule has 0 saturated heterocycles. The van der Waals surface area contributed by atoms with Gasteiger partial charge < -0.3 is 10.2 Å². The number of hydrogen-bond acceptors (Lipinski definition) is 2. The highest BCUT2D eigenvalue weighted by molar-refractivity contribution is 6.02. The maximum absolute atomic E-state index is 12.7. The minimum atomic E-state index is -0.282. The zero-order chi connectivity index (χ0) is 14.0. The Kier molecular flexibility index (Phi) is 3.83. The second-order valence-electron chi connectivity index (χ2n) is 6.00. The molecule has 3 heteroatoms. The van der Waals surface area contributed by atoms with Gasteiger partial charge in [0.15, 0.2) is 0 Å². The largest absolute Gasteiger partial charge is 0.362 e. The van der Waals surface area contributed by atoms with E-state index < -0.39 is 0 Å². The van der Waals surface area contributed by atoms with Gasteiger partial charge in [-0.15, -0.1) is 0 Å². The van der Waals surface area contributed by atoms with Gasteiger partial charge in [-0.05, 0) is 37.8 Å². The van der Waals surface area contributed by atoms with Crippen LogP contribution in [0.4, 0.5) is 5.69 Å². The Labute approximate surface area is 116 Å². The standard InChI is InChI=1S/C16H24N2O/c1-5-10-18-15(19)13-8-6-7-9-14(13)17-16(18,4)11-12(2)3/h6-9,12,17H,5,10-11H2,1-4H3.